The second kappa shape index (κ2) is 11.6. The molecule has 176 valence electrons. The van der Waals surface area contributed by atoms with Crippen LogP contribution >= 0.6 is 0 Å². The number of amides is 4. The molecule has 12 nitrogen and oxygen atoms in total. The number of aliphatic hydroxyl groups excluding tert-OH is 1. The van der Waals surface area contributed by atoms with E-state index in [1.807, 2.05) is 0 Å². The molecule has 6 unspecified atom stereocenters. The van der Waals surface area contributed by atoms with E-state index in [9.17, 15) is 34.2 Å². The number of carbonyl (C=O) groups is 5. The van der Waals surface area contributed by atoms with E-state index in [0.717, 1.165) is 0 Å². The lowest BCUT2D eigenvalue weighted by molar-refractivity contribution is -0.146. The Hall–Kier alpha value is -2.73. The monoisotopic (exact) mass is 443 g/mol. The van der Waals surface area contributed by atoms with Gasteiger partial charge in [0.25, 0.3) is 0 Å². The van der Waals surface area contributed by atoms with Gasteiger partial charge < -0.3 is 37.2 Å². The molecule has 1 fully saturated rings. The van der Waals surface area contributed by atoms with Gasteiger partial charge in [-0.3, -0.25) is 19.2 Å². The molecule has 6 atom stereocenters. The molecule has 1 aliphatic heterocycles. The van der Waals surface area contributed by atoms with E-state index in [2.05, 4.69) is 10.6 Å². The standard InChI is InChI=1S/C19H33N5O7/c1-4-9(2)14(19(30)31)22-17(28)12-6-5-7-24(12)18(29)15(10(3)25)23-16(27)11(20)8-13(21)26/h9-12,14-15,25H,4-8,20H2,1-3H3,(H2,21,26)(H,22,28)(H,23,27)(H,30,31). The van der Waals surface area contributed by atoms with Crippen LogP contribution in [0.25, 0.3) is 0 Å². The van der Waals surface area contributed by atoms with Crippen molar-refractivity contribution in [3.63, 3.8) is 0 Å². The number of aliphatic hydroxyl groups is 1. The highest BCUT2D eigenvalue weighted by Crippen LogP contribution is 2.20. The van der Waals surface area contributed by atoms with Gasteiger partial charge in [-0.2, -0.15) is 0 Å². The molecular formula is C19H33N5O7. The first-order chi connectivity index (χ1) is 14.4. The molecule has 12 heteroatoms. The number of nitrogens with zero attached hydrogens (tertiary/aromatic N) is 1. The first-order valence-corrected chi connectivity index (χ1v) is 10.3. The summed E-state index contributed by atoms with van der Waals surface area (Å²) in [6.07, 6.45) is -0.410. The fourth-order valence-electron chi connectivity index (χ4n) is 3.37. The second-order valence-electron chi connectivity index (χ2n) is 7.90. The van der Waals surface area contributed by atoms with Gasteiger partial charge in [-0.25, -0.2) is 4.79 Å². The molecule has 0 spiro atoms. The van der Waals surface area contributed by atoms with Crippen molar-refractivity contribution in [2.24, 2.45) is 17.4 Å². The lowest BCUT2D eigenvalue weighted by Crippen LogP contribution is -2.60. The van der Waals surface area contributed by atoms with Crippen molar-refractivity contribution in [3.05, 3.63) is 0 Å². The first-order valence-electron chi connectivity index (χ1n) is 10.3. The number of hydrogen-bond acceptors (Lipinski definition) is 7. The molecule has 1 saturated heterocycles. The van der Waals surface area contributed by atoms with Gasteiger partial charge in [0.1, 0.15) is 18.1 Å². The molecule has 0 bridgehead atoms. The molecule has 1 heterocycles. The quantitative estimate of drug-likeness (QED) is 0.203. The van der Waals surface area contributed by atoms with Crippen LogP contribution in [-0.2, 0) is 24.0 Å². The normalized spacial score (nSPS) is 20.8. The summed E-state index contributed by atoms with van der Waals surface area (Å²) in [5, 5.41) is 24.2. The highest BCUT2D eigenvalue weighted by atomic mass is 16.4. The Bertz CT molecular complexity index is 699. The maximum Gasteiger partial charge on any atom is 0.326 e. The second-order valence-corrected chi connectivity index (χ2v) is 7.90. The number of carboxylic acids is 1. The summed E-state index contributed by atoms with van der Waals surface area (Å²) in [6.45, 7) is 4.99. The van der Waals surface area contributed by atoms with Gasteiger partial charge in [0, 0.05) is 6.54 Å². The van der Waals surface area contributed by atoms with E-state index >= 15 is 0 Å². The van der Waals surface area contributed by atoms with Crippen LogP contribution in [0.15, 0.2) is 0 Å². The number of likely N-dealkylation sites (tertiary alicyclic amines) is 1. The molecule has 0 saturated carbocycles. The summed E-state index contributed by atoms with van der Waals surface area (Å²) in [5.41, 5.74) is 10.6. The number of rotatable bonds is 11. The van der Waals surface area contributed by atoms with Gasteiger partial charge in [-0.15, -0.1) is 0 Å². The van der Waals surface area contributed by atoms with Gasteiger partial charge in [-0.1, -0.05) is 20.3 Å². The van der Waals surface area contributed by atoms with Crippen LogP contribution in [-0.4, -0.2) is 81.5 Å². The van der Waals surface area contributed by atoms with Gasteiger partial charge in [0.2, 0.25) is 23.6 Å². The molecule has 8 N–H and O–H groups in total. The van der Waals surface area contributed by atoms with E-state index in [0.29, 0.717) is 19.3 Å². The third kappa shape index (κ3) is 7.17. The van der Waals surface area contributed by atoms with Crippen LogP contribution < -0.4 is 22.1 Å². The zero-order valence-corrected chi connectivity index (χ0v) is 18.0. The summed E-state index contributed by atoms with van der Waals surface area (Å²) in [7, 11) is 0. The summed E-state index contributed by atoms with van der Waals surface area (Å²) in [6, 6.07) is -4.73. The maximum atomic E-state index is 13.0. The molecule has 0 aliphatic carbocycles. The molecule has 31 heavy (non-hydrogen) atoms. The summed E-state index contributed by atoms with van der Waals surface area (Å²) < 4.78 is 0. The van der Waals surface area contributed by atoms with Crippen LogP contribution in [0.3, 0.4) is 0 Å². The highest BCUT2D eigenvalue weighted by Gasteiger charge is 2.41. The average Bonchev–Trinajstić information content (AvgIpc) is 3.17. The SMILES string of the molecule is CCC(C)C(NC(=O)C1CCCN1C(=O)C(NC(=O)C(N)CC(N)=O)C(C)O)C(=O)O. The molecule has 0 radical (unpaired) electrons. The fourth-order valence-corrected chi connectivity index (χ4v) is 3.37. The number of carboxylic acid groups (broad SMARTS) is 1. The van der Waals surface area contributed by atoms with Crippen LogP contribution in [0.5, 0.6) is 0 Å². The summed E-state index contributed by atoms with van der Waals surface area (Å²) in [4.78, 5) is 61.6. The Morgan fingerprint density at radius 1 is 1.13 bits per heavy atom. The van der Waals surface area contributed by atoms with Crippen LogP contribution in [0.2, 0.25) is 0 Å². The Morgan fingerprint density at radius 2 is 1.74 bits per heavy atom. The topological polar surface area (TPSA) is 205 Å². The third-order valence-electron chi connectivity index (χ3n) is 5.42. The minimum Gasteiger partial charge on any atom is -0.480 e. The van der Waals surface area contributed by atoms with Crippen molar-refractivity contribution in [1.29, 1.82) is 0 Å². The average molecular weight is 444 g/mol. The van der Waals surface area contributed by atoms with Crippen LogP contribution in [0.4, 0.5) is 0 Å². The lowest BCUT2D eigenvalue weighted by Gasteiger charge is -2.31. The van der Waals surface area contributed by atoms with E-state index in [1.165, 1.54) is 11.8 Å². The lowest BCUT2D eigenvalue weighted by atomic mass is 9.98. The highest BCUT2D eigenvalue weighted by molar-refractivity contribution is 5.95. The Kier molecular flexibility index (Phi) is 9.85. The van der Waals surface area contributed by atoms with E-state index in [4.69, 9.17) is 11.5 Å². The Balaban J connectivity index is 2.94. The van der Waals surface area contributed by atoms with Crippen molar-refractivity contribution in [2.75, 3.05) is 6.54 Å². The number of aliphatic carboxylic acids is 1. The summed E-state index contributed by atoms with van der Waals surface area (Å²) >= 11 is 0. The van der Waals surface area contributed by atoms with Gasteiger partial charge in [0.15, 0.2) is 0 Å². The number of hydrogen-bond donors (Lipinski definition) is 6. The maximum absolute atomic E-state index is 13.0. The molecule has 0 aromatic heterocycles. The third-order valence-corrected chi connectivity index (χ3v) is 5.42. The molecule has 0 aromatic rings. The van der Waals surface area contributed by atoms with Crippen molar-refractivity contribution in [1.82, 2.24) is 15.5 Å². The number of primary amides is 1. The largest absolute Gasteiger partial charge is 0.480 e. The van der Waals surface area contributed by atoms with E-state index in [-0.39, 0.29) is 12.5 Å². The van der Waals surface area contributed by atoms with E-state index in [1.54, 1.807) is 13.8 Å². The predicted molar refractivity (Wildman–Crippen MR) is 109 cm³/mol. The minimum atomic E-state index is -1.40. The zero-order chi connectivity index (χ0) is 23.9. The summed E-state index contributed by atoms with van der Waals surface area (Å²) in [5.74, 6) is -4.45. The molecule has 1 rings (SSSR count). The number of carbonyl (C=O) groups excluding carboxylic acids is 4. The van der Waals surface area contributed by atoms with Crippen molar-refractivity contribution < 1.29 is 34.2 Å². The molecule has 1 aliphatic rings. The van der Waals surface area contributed by atoms with Crippen molar-refractivity contribution in [2.45, 2.75) is 76.7 Å². The van der Waals surface area contributed by atoms with Crippen LogP contribution in [0.1, 0.15) is 46.5 Å². The first kappa shape index (κ1) is 26.3. The minimum absolute atomic E-state index is 0.199. The Morgan fingerprint density at radius 3 is 2.23 bits per heavy atom. The zero-order valence-electron chi connectivity index (χ0n) is 18.0. The molecule has 0 aromatic carbocycles. The fraction of sp³-hybridized carbons (Fsp3) is 0.737. The Labute approximate surface area is 180 Å². The van der Waals surface area contributed by atoms with Crippen molar-refractivity contribution >= 4 is 29.6 Å². The van der Waals surface area contributed by atoms with Gasteiger partial charge in [0.05, 0.1) is 18.6 Å². The smallest absolute Gasteiger partial charge is 0.326 e. The predicted octanol–water partition coefficient (Wildman–Crippen LogP) is -2.34. The van der Waals surface area contributed by atoms with Crippen LogP contribution in [0, 0.1) is 5.92 Å². The van der Waals surface area contributed by atoms with Gasteiger partial charge in [-0.05, 0) is 25.7 Å². The van der Waals surface area contributed by atoms with Crippen molar-refractivity contribution in [3.8, 4) is 0 Å². The molecular weight excluding hydrogens is 410 g/mol. The number of nitrogens with two attached hydrogens (primary N) is 2. The molecule has 4 amide bonds. The van der Waals surface area contributed by atoms with E-state index < -0.39 is 66.3 Å². The van der Waals surface area contributed by atoms with Gasteiger partial charge >= 0.3 is 5.97 Å². The number of nitrogens with one attached hydrogen (secondary N) is 2.